The van der Waals surface area contributed by atoms with Crippen molar-refractivity contribution < 1.29 is 0 Å². The maximum Gasteiger partial charge on any atom is 0.186 e. The van der Waals surface area contributed by atoms with Crippen LogP contribution in [-0.2, 0) is 13.0 Å². The van der Waals surface area contributed by atoms with E-state index in [4.69, 9.17) is 10.7 Å². The van der Waals surface area contributed by atoms with E-state index >= 15 is 0 Å². The van der Waals surface area contributed by atoms with Gasteiger partial charge in [0.2, 0.25) is 0 Å². The van der Waals surface area contributed by atoms with E-state index in [0.29, 0.717) is 6.54 Å². The van der Waals surface area contributed by atoms with Crippen LogP contribution in [0, 0.1) is 5.92 Å². The first-order valence-electron chi connectivity index (χ1n) is 7.78. The smallest absolute Gasteiger partial charge is 0.186 e. The Balaban J connectivity index is 1.81. The number of fused-ring (bicyclic) bond motifs is 1. The van der Waals surface area contributed by atoms with Gasteiger partial charge in [-0.1, -0.05) is 26.2 Å². The first kappa shape index (κ1) is 13.4. The molecular weight excluding hydrogens is 254 g/mol. The van der Waals surface area contributed by atoms with Crippen molar-refractivity contribution in [3.8, 4) is 0 Å². The van der Waals surface area contributed by atoms with Gasteiger partial charge in [-0.3, -0.25) is 0 Å². The first-order chi connectivity index (χ1) is 9.33. The predicted molar refractivity (Wildman–Crippen MR) is 81.7 cm³/mol. The van der Waals surface area contributed by atoms with Gasteiger partial charge in [-0.15, -0.1) is 11.3 Å². The lowest BCUT2D eigenvalue weighted by molar-refractivity contribution is 0.342. The third-order valence-corrected chi connectivity index (χ3v) is 5.85. The van der Waals surface area contributed by atoms with E-state index in [-0.39, 0.29) is 0 Å². The number of anilines is 1. The number of aromatic nitrogens is 1. The topological polar surface area (TPSA) is 42.2 Å². The molecule has 1 aliphatic heterocycles. The van der Waals surface area contributed by atoms with Gasteiger partial charge >= 0.3 is 0 Å². The summed E-state index contributed by atoms with van der Waals surface area (Å²) in [4.78, 5) is 8.80. The summed E-state index contributed by atoms with van der Waals surface area (Å²) in [6.45, 7) is 4.07. The van der Waals surface area contributed by atoms with Gasteiger partial charge in [-0.05, 0) is 31.6 Å². The van der Waals surface area contributed by atoms with Crippen LogP contribution in [0.25, 0.3) is 0 Å². The zero-order chi connectivity index (χ0) is 13.2. The highest BCUT2D eigenvalue weighted by Crippen LogP contribution is 2.40. The molecule has 2 unspecified atom stereocenters. The molecule has 2 heterocycles. The van der Waals surface area contributed by atoms with Crippen LogP contribution in [-0.4, -0.2) is 17.6 Å². The van der Waals surface area contributed by atoms with Crippen molar-refractivity contribution >= 4 is 16.5 Å². The van der Waals surface area contributed by atoms with Crippen molar-refractivity contribution in [3.05, 3.63) is 10.6 Å². The number of thiazole rings is 1. The Kier molecular flexibility index (Phi) is 4.08. The molecule has 1 saturated carbocycles. The summed E-state index contributed by atoms with van der Waals surface area (Å²) in [6, 6.07) is 0.764. The van der Waals surface area contributed by atoms with E-state index in [2.05, 4.69) is 11.8 Å². The number of rotatable bonds is 4. The summed E-state index contributed by atoms with van der Waals surface area (Å²) < 4.78 is 0. The fourth-order valence-electron chi connectivity index (χ4n) is 3.73. The Hall–Kier alpha value is -0.610. The highest BCUT2D eigenvalue weighted by molar-refractivity contribution is 7.15. The lowest BCUT2D eigenvalue weighted by atomic mass is 9.85. The van der Waals surface area contributed by atoms with Gasteiger partial charge in [-0.25, -0.2) is 4.98 Å². The quantitative estimate of drug-likeness (QED) is 0.919. The summed E-state index contributed by atoms with van der Waals surface area (Å²) in [5.41, 5.74) is 7.13. The van der Waals surface area contributed by atoms with Crippen molar-refractivity contribution in [1.82, 2.24) is 4.98 Å². The van der Waals surface area contributed by atoms with Gasteiger partial charge in [0.15, 0.2) is 5.13 Å². The zero-order valence-electron chi connectivity index (χ0n) is 11.9. The summed E-state index contributed by atoms with van der Waals surface area (Å²) in [5, 5.41) is 1.25. The van der Waals surface area contributed by atoms with Crippen LogP contribution < -0.4 is 10.6 Å². The molecule has 2 fully saturated rings. The lowest BCUT2D eigenvalue weighted by Crippen LogP contribution is -2.34. The standard InChI is InChI=1S/C15H25N3S/c1-2-5-12-14(10-16)19-15(17-12)18-9-8-11-6-3-4-7-13(11)18/h11,13H,2-10,16H2,1H3. The summed E-state index contributed by atoms with van der Waals surface area (Å²) in [5.74, 6) is 0.925. The number of aryl methyl sites for hydroxylation is 1. The summed E-state index contributed by atoms with van der Waals surface area (Å²) in [6.07, 6.45) is 9.22. The van der Waals surface area contributed by atoms with Crippen LogP contribution in [0.15, 0.2) is 0 Å². The Morgan fingerprint density at radius 1 is 1.32 bits per heavy atom. The van der Waals surface area contributed by atoms with Gasteiger partial charge in [0.1, 0.15) is 0 Å². The molecule has 1 aromatic rings. The molecule has 2 N–H and O–H groups in total. The molecule has 4 heteroatoms. The molecule has 0 aromatic carbocycles. The highest BCUT2D eigenvalue weighted by Gasteiger charge is 2.37. The molecule has 1 saturated heterocycles. The minimum absolute atomic E-state index is 0.648. The van der Waals surface area contributed by atoms with Crippen molar-refractivity contribution in [2.24, 2.45) is 11.7 Å². The fourth-order valence-corrected chi connectivity index (χ4v) is 4.80. The van der Waals surface area contributed by atoms with Crippen LogP contribution in [0.4, 0.5) is 5.13 Å². The molecule has 3 rings (SSSR count). The molecule has 3 nitrogen and oxygen atoms in total. The van der Waals surface area contributed by atoms with Crippen LogP contribution in [0.3, 0.4) is 0 Å². The van der Waals surface area contributed by atoms with Crippen LogP contribution in [0.2, 0.25) is 0 Å². The predicted octanol–water partition coefficient (Wildman–Crippen LogP) is 3.32. The Morgan fingerprint density at radius 3 is 2.95 bits per heavy atom. The van der Waals surface area contributed by atoms with Crippen LogP contribution >= 0.6 is 11.3 Å². The van der Waals surface area contributed by atoms with Gasteiger partial charge < -0.3 is 10.6 Å². The average molecular weight is 279 g/mol. The Morgan fingerprint density at radius 2 is 2.16 bits per heavy atom. The molecule has 0 bridgehead atoms. The van der Waals surface area contributed by atoms with Crippen LogP contribution in [0.5, 0.6) is 0 Å². The average Bonchev–Trinajstić information content (AvgIpc) is 3.02. The first-order valence-corrected chi connectivity index (χ1v) is 8.60. The lowest BCUT2D eigenvalue weighted by Gasteiger charge is -2.31. The molecule has 106 valence electrons. The van der Waals surface area contributed by atoms with E-state index in [1.165, 1.54) is 54.4 Å². The number of nitrogens with zero attached hydrogens (tertiary/aromatic N) is 2. The van der Waals surface area contributed by atoms with E-state index in [1.807, 2.05) is 11.3 Å². The van der Waals surface area contributed by atoms with E-state index < -0.39 is 0 Å². The third-order valence-electron chi connectivity index (χ3n) is 4.69. The van der Waals surface area contributed by atoms with Gasteiger partial charge in [0.05, 0.1) is 5.69 Å². The molecule has 1 aliphatic carbocycles. The second-order valence-corrected chi connectivity index (χ2v) is 6.98. The number of hydrogen-bond acceptors (Lipinski definition) is 4. The van der Waals surface area contributed by atoms with E-state index in [0.717, 1.165) is 24.8 Å². The minimum atomic E-state index is 0.648. The minimum Gasteiger partial charge on any atom is -0.345 e. The van der Waals surface area contributed by atoms with Crippen molar-refractivity contribution in [2.45, 2.75) is 64.5 Å². The second kappa shape index (κ2) is 5.80. The van der Waals surface area contributed by atoms with Gasteiger partial charge in [0.25, 0.3) is 0 Å². The molecular formula is C15H25N3S. The molecule has 0 radical (unpaired) electrons. The van der Waals surface area contributed by atoms with E-state index in [9.17, 15) is 0 Å². The van der Waals surface area contributed by atoms with Crippen LogP contribution in [0.1, 0.15) is 56.0 Å². The van der Waals surface area contributed by atoms with Gasteiger partial charge in [-0.2, -0.15) is 0 Å². The third kappa shape index (κ3) is 2.52. The normalized spacial score (nSPS) is 26.7. The Bertz CT molecular complexity index is 429. The molecule has 19 heavy (non-hydrogen) atoms. The SMILES string of the molecule is CCCc1nc(N2CCC3CCCCC32)sc1CN. The Labute approximate surface area is 120 Å². The molecule has 0 amide bonds. The molecule has 2 aliphatic rings. The maximum atomic E-state index is 5.88. The number of nitrogens with two attached hydrogens (primary N) is 1. The van der Waals surface area contributed by atoms with Crippen molar-refractivity contribution in [1.29, 1.82) is 0 Å². The number of hydrogen-bond donors (Lipinski definition) is 1. The highest BCUT2D eigenvalue weighted by atomic mass is 32.1. The summed E-state index contributed by atoms with van der Waals surface area (Å²) in [7, 11) is 0. The van der Waals surface area contributed by atoms with Crippen molar-refractivity contribution in [2.75, 3.05) is 11.4 Å². The molecule has 0 spiro atoms. The monoisotopic (exact) mass is 279 g/mol. The maximum absolute atomic E-state index is 5.88. The zero-order valence-corrected chi connectivity index (χ0v) is 12.7. The van der Waals surface area contributed by atoms with Crippen molar-refractivity contribution in [3.63, 3.8) is 0 Å². The summed E-state index contributed by atoms with van der Waals surface area (Å²) >= 11 is 1.84. The van der Waals surface area contributed by atoms with E-state index in [1.54, 1.807) is 0 Å². The fraction of sp³-hybridized carbons (Fsp3) is 0.800. The second-order valence-electron chi connectivity index (χ2n) is 5.91. The molecule has 1 aromatic heterocycles. The molecule has 2 atom stereocenters. The largest absolute Gasteiger partial charge is 0.345 e. The van der Waals surface area contributed by atoms with Gasteiger partial charge in [0, 0.05) is 24.0 Å².